The maximum atomic E-state index is 13.1. The Morgan fingerprint density at radius 3 is 2.60 bits per heavy atom. The van der Waals surface area contributed by atoms with E-state index in [-0.39, 0.29) is 19.0 Å². The Bertz CT molecular complexity index is 337. The van der Waals surface area contributed by atoms with Crippen LogP contribution in [0.3, 0.4) is 0 Å². The van der Waals surface area contributed by atoms with Gasteiger partial charge in [0.05, 0.1) is 13.2 Å². The molecule has 0 aliphatic carbocycles. The Labute approximate surface area is 87.5 Å². The van der Waals surface area contributed by atoms with Crippen LogP contribution in [-0.2, 0) is 0 Å². The molecule has 0 aromatic heterocycles. The monoisotopic (exact) mass is 216 g/mol. The average molecular weight is 216 g/mol. The van der Waals surface area contributed by atoms with Gasteiger partial charge in [0.1, 0.15) is 0 Å². The summed E-state index contributed by atoms with van der Waals surface area (Å²) in [5, 5.41) is 8.95. The molecule has 15 heavy (non-hydrogen) atoms. The topological polar surface area (TPSA) is 29.5 Å². The van der Waals surface area contributed by atoms with Crippen molar-refractivity contribution < 1.29 is 18.6 Å². The van der Waals surface area contributed by atoms with Crippen LogP contribution in [0.15, 0.2) is 18.2 Å². The highest BCUT2D eigenvalue weighted by atomic mass is 19.2. The molecule has 0 aliphatic heterocycles. The molecule has 1 rings (SSSR count). The van der Waals surface area contributed by atoms with Gasteiger partial charge in [-0.25, -0.2) is 4.39 Å². The minimum atomic E-state index is -0.994. The van der Waals surface area contributed by atoms with E-state index < -0.39 is 17.0 Å². The highest BCUT2D eigenvalue weighted by molar-refractivity contribution is 5.25. The second-order valence-electron chi connectivity index (χ2n) is 4.16. The zero-order valence-electron chi connectivity index (χ0n) is 8.76. The second kappa shape index (κ2) is 4.57. The van der Waals surface area contributed by atoms with Crippen LogP contribution in [0, 0.1) is 17.0 Å². The van der Waals surface area contributed by atoms with Gasteiger partial charge >= 0.3 is 0 Å². The van der Waals surface area contributed by atoms with Crippen LogP contribution in [0.1, 0.15) is 13.8 Å². The van der Waals surface area contributed by atoms with Crippen LogP contribution < -0.4 is 4.74 Å². The first-order valence-electron chi connectivity index (χ1n) is 4.64. The van der Waals surface area contributed by atoms with Crippen LogP contribution in [0.25, 0.3) is 0 Å². The molecular weight excluding hydrogens is 202 g/mol. The largest absolute Gasteiger partial charge is 0.490 e. The zero-order chi connectivity index (χ0) is 11.5. The maximum absolute atomic E-state index is 13.1. The summed E-state index contributed by atoms with van der Waals surface area (Å²) in [7, 11) is 0. The quantitative estimate of drug-likeness (QED) is 0.837. The Balaban J connectivity index is 2.70. The Hall–Kier alpha value is -1.16. The summed E-state index contributed by atoms with van der Waals surface area (Å²) >= 11 is 0. The van der Waals surface area contributed by atoms with Gasteiger partial charge in [-0.1, -0.05) is 19.9 Å². The molecule has 84 valence electrons. The fourth-order valence-electron chi connectivity index (χ4n) is 0.914. The summed E-state index contributed by atoms with van der Waals surface area (Å²) in [4.78, 5) is 0. The number of hydrogen-bond acceptors (Lipinski definition) is 2. The number of aliphatic hydroxyl groups is 1. The molecule has 1 aromatic rings. The normalized spacial score (nSPS) is 11.5. The van der Waals surface area contributed by atoms with Crippen LogP contribution in [0.5, 0.6) is 5.75 Å². The van der Waals surface area contributed by atoms with Gasteiger partial charge in [-0.2, -0.15) is 4.39 Å². The molecular formula is C11H14F2O2. The van der Waals surface area contributed by atoms with Crippen molar-refractivity contribution in [1.29, 1.82) is 0 Å². The second-order valence-corrected chi connectivity index (χ2v) is 4.16. The van der Waals surface area contributed by atoms with Crippen LogP contribution in [-0.4, -0.2) is 18.3 Å². The van der Waals surface area contributed by atoms with Crippen LogP contribution >= 0.6 is 0 Å². The first-order chi connectivity index (χ1) is 6.96. The molecule has 1 N–H and O–H groups in total. The summed E-state index contributed by atoms with van der Waals surface area (Å²) in [6, 6.07) is 3.75. The third kappa shape index (κ3) is 3.16. The summed E-state index contributed by atoms with van der Waals surface area (Å²) in [5.74, 6) is -2.06. The predicted octanol–water partition coefficient (Wildman–Crippen LogP) is 2.36. The molecule has 0 spiro atoms. The minimum absolute atomic E-state index is 0.0794. The molecule has 1 aromatic carbocycles. The third-order valence-corrected chi connectivity index (χ3v) is 1.96. The standard InChI is InChI=1S/C11H14F2O2/c1-11(2,6-14)7-15-9-5-3-4-8(12)10(9)13/h3-5,14H,6-7H2,1-2H3. The van der Waals surface area contributed by atoms with E-state index >= 15 is 0 Å². The smallest absolute Gasteiger partial charge is 0.200 e. The van der Waals surface area contributed by atoms with Crippen molar-refractivity contribution in [3.05, 3.63) is 29.8 Å². The van der Waals surface area contributed by atoms with E-state index in [9.17, 15) is 8.78 Å². The number of rotatable bonds is 4. The number of ether oxygens (including phenoxy) is 1. The lowest BCUT2D eigenvalue weighted by Crippen LogP contribution is -2.25. The van der Waals surface area contributed by atoms with Gasteiger partial charge in [0, 0.05) is 5.41 Å². The number of halogens is 2. The van der Waals surface area contributed by atoms with Crippen molar-refractivity contribution >= 4 is 0 Å². The van der Waals surface area contributed by atoms with E-state index in [1.807, 2.05) is 0 Å². The first kappa shape index (κ1) is 11.9. The van der Waals surface area contributed by atoms with Gasteiger partial charge in [-0.15, -0.1) is 0 Å². The van der Waals surface area contributed by atoms with Crippen LogP contribution in [0.2, 0.25) is 0 Å². The highest BCUT2D eigenvalue weighted by Crippen LogP contribution is 2.22. The highest BCUT2D eigenvalue weighted by Gasteiger charge is 2.19. The Kier molecular flexibility index (Phi) is 3.63. The van der Waals surface area contributed by atoms with E-state index in [0.717, 1.165) is 6.07 Å². The summed E-state index contributed by atoms with van der Waals surface area (Å²) in [6.45, 7) is 3.59. The molecule has 0 radical (unpaired) electrons. The fourth-order valence-corrected chi connectivity index (χ4v) is 0.914. The molecule has 0 amide bonds. The molecule has 0 saturated heterocycles. The van der Waals surface area contributed by atoms with Crippen molar-refractivity contribution in [2.75, 3.05) is 13.2 Å². The molecule has 0 atom stereocenters. The molecule has 2 nitrogen and oxygen atoms in total. The van der Waals surface area contributed by atoms with Gasteiger partial charge in [-0.3, -0.25) is 0 Å². The number of benzene rings is 1. The van der Waals surface area contributed by atoms with Crippen molar-refractivity contribution in [2.24, 2.45) is 5.41 Å². The molecule has 0 aliphatic rings. The van der Waals surface area contributed by atoms with E-state index in [1.165, 1.54) is 12.1 Å². The molecule has 0 fully saturated rings. The minimum Gasteiger partial charge on any atom is -0.490 e. The van der Waals surface area contributed by atoms with Crippen molar-refractivity contribution in [3.63, 3.8) is 0 Å². The average Bonchev–Trinajstić information content (AvgIpc) is 2.20. The fraction of sp³-hybridized carbons (Fsp3) is 0.455. The lowest BCUT2D eigenvalue weighted by Gasteiger charge is -2.21. The van der Waals surface area contributed by atoms with Gasteiger partial charge < -0.3 is 9.84 Å². The molecule has 0 unspecified atom stereocenters. The lowest BCUT2D eigenvalue weighted by atomic mass is 9.96. The van der Waals surface area contributed by atoms with E-state index in [2.05, 4.69) is 0 Å². The van der Waals surface area contributed by atoms with E-state index in [4.69, 9.17) is 9.84 Å². The molecule has 4 heteroatoms. The van der Waals surface area contributed by atoms with Gasteiger partial charge in [-0.05, 0) is 12.1 Å². The number of aliphatic hydroxyl groups excluding tert-OH is 1. The molecule has 0 heterocycles. The SMILES string of the molecule is CC(C)(CO)COc1cccc(F)c1F. The van der Waals surface area contributed by atoms with Gasteiger partial charge in [0.25, 0.3) is 0 Å². The predicted molar refractivity (Wildman–Crippen MR) is 52.7 cm³/mol. The maximum Gasteiger partial charge on any atom is 0.200 e. The summed E-state index contributed by atoms with van der Waals surface area (Å²) in [5.41, 5.74) is -0.473. The Morgan fingerprint density at radius 1 is 1.33 bits per heavy atom. The first-order valence-corrected chi connectivity index (χ1v) is 4.64. The van der Waals surface area contributed by atoms with E-state index in [0.29, 0.717) is 0 Å². The number of hydrogen-bond donors (Lipinski definition) is 1. The van der Waals surface area contributed by atoms with Crippen molar-refractivity contribution in [2.45, 2.75) is 13.8 Å². The Morgan fingerprint density at radius 2 is 2.00 bits per heavy atom. The summed E-state index contributed by atoms with van der Waals surface area (Å²) in [6.07, 6.45) is 0. The molecule has 0 bridgehead atoms. The van der Waals surface area contributed by atoms with Crippen LogP contribution in [0.4, 0.5) is 8.78 Å². The van der Waals surface area contributed by atoms with Crippen molar-refractivity contribution in [1.82, 2.24) is 0 Å². The van der Waals surface area contributed by atoms with Gasteiger partial charge in [0.2, 0.25) is 5.82 Å². The van der Waals surface area contributed by atoms with Gasteiger partial charge in [0.15, 0.2) is 11.6 Å². The van der Waals surface area contributed by atoms with E-state index in [1.54, 1.807) is 13.8 Å². The molecule has 0 saturated carbocycles. The van der Waals surface area contributed by atoms with Crippen molar-refractivity contribution in [3.8, 4) is 5.75 Å². The zero-order valence-corrected chi connectivity index (χ0v) is 8.76. The lowest BCUT2D eigenvalue weighted by molar-refractivity contribution is 0.0949. The summed E-state index contributed by atoms with van der Waals surface area (Å²) < 4.78 is 31.0. The third-order valence-electron chi connectivity index (χ3n) is 1.96.